The molecule has 0 unspecified atom stereocenters. The number of nitrogens with one attached hydrogen (secondary N) is 1. The minimum Gasteiger partial charge on any atom is -0.337 e. The lowest BCUT2D eigenvalue weighted by atomic mass is 10.0. The Balaban J connectivity index is 1.26. The van der Waals surface area contributed by atoms with Gasteiger partial charge in [0.1, 0.15) is 11.6 Å². The van der Waals surface area contributed by atoms with Gasteiger partial charge in [0.2, 0.25) is 5.95 Å². The maximum absolute atomic E-state index is 13.7. The van der Waals surface area contributed by atoms with Gasteiger partial charge in [0.05, 0.1) is 17.4 Å². The van der Waals surface area contributed by atoms with Crippen LogP contribution in [0.3, 0.4) is 0 Å². The third-order valence-electron chi connectivity index (χ3n) is 5.55. The zero-order chi connectivity index (χ0) is 22.1. The highest BCUT2D eigenvalue weighted by atomic mass is 19.1. The van der Waals surface area contributed by atoms with Crippen molar-refractivity contribution in [3.63, 3.8) is 0 Å². The van der Waals surface area contributed by atoms with E-state index in [0.717, 1.165) is 17.5 Å². The summed E-state index contributed by atoms with van der Waals surface area (Å²) in [4.78, 5) is 25.7. The van der Waals surface area contributed by atoms with E-state index in [1.807, 2.05) is 11.0 Å². The van der Waals surface area contributed by atoms with Gasteiger partial charge in [-0.15, -0.1) is 0 Å². The zero-order valence-electron chi connectivity index (χ0n) is 17.0. The molecular weight excluding hydrogens is 418 g/mol. The third kappa shape index (κ3) is 3.88. The van der Waals surface area contributed by atoms with Gasteiger partial charge in [0.25, 0.3) is 0 Å². The van der Waals surface area contributed by atoms with Gasteiger partial charge < -0.3 is 9.80 Å². The topological polar surface area (TPSA) is 93.6 Å². The average molecular weight is 438 g/mol. The summed E-state index contributed by atoms with van der Waals surface area (Å²) in [6, 6.07) is 6.11. The lowest BCUT2D eigenvalue weighted by molar-refractivity contribution is 0.139. The van der Waals surface area contributed by atoms with Crippen molar-refractivity contribution < 1.29 is 13.6 Å². The van der Waals surface area contributed by atoms with E-state index in [-0.39, 0.29) is 6.03 Å². The molecule has 4 heterocycles. The molecule has 0 spiro atoms. The van der Waals surface area contributed by atoms with Crippen LogP contribution in [0.25, 0.3) is 11.4 Å². The summed E-state index contributed by atoms with van der Waals surface area (Å²) in [6.07, 6.45) is 5.35. The highest BCUT2D eigenvalue weighted by Gasteiger charge is 2.33. The van der Waals surface area contributed by atoms with Gasteiger partial charge in [-0.05, 0) is 29.8 Å². The summed E-state index contributed by atoms with van der Waals surface area (Å²) in [5.41, 5.74) is 1.92. The van der Waals surface area contributed by atoms with Crippen LogP contribution in [-0.2, 0) is 0 Å². The number of anilines is 1. The number of aromatic amines is 1. The summed E-state index contributed by atoms with van der Waals surface area (Å²) in [5, 5.41) is 12.3. The zero-order valence-corrected chi connectivity index (χ0v) is 17.0. The van der Waals surface area contributed by atoms with Crippen molar-refractivity contribution in [2.75, 3.05) is 31.1 Å². The van der Waals surface area contributed by atoms with Crippen LogP contribution in [0.2, 0.25) is 0 Å². The molecule has 0 bridgehead atoms. The number of nitrogens with zero attached hydrogens (tertiary/aromatic N) is 7. The number of urea groups is 1. The molecule has 0 saturated carbocycles. The molecule has 0 aliphatic carbocycles. The fourth-order valence-electron chi connectivity index (χ4n) is 3.93. The fraction of sp³-hybridized carbons (Fsp3) is 0.286. The van der Waals surface area contributed by atoms with Crippen molar-refractivity contribution in [2.24, 2.45) is 5.10 Å². The molecule has 1 aromatic carbocycles. The van der Waals surface area contributed by atoms with E-state index >= 15 is 0 Å². The van der Waals surface area contributed by atoms with Crippen molar-refractivity contribution in [1.29, 1.82) is 0 Å². The van der Waals surface area contributed by atoms with Crippen LogP contribution < -0.4 is 4.90 Å². The number of H-pyrrole nitrogens is 1. The number of hydrogen-bond acceptors (Lipinski definition) is 6. The first-order valence-corrected chi connectivity index (χ1v) is 10.2. The number of carbonyl (C=O) groups is 1. The summed E-state index contributed by atoms with van der Waals surface area (Å²) in [5.74, 6) is -0.771. The fourth-order valence-corrected chi connectivity index (χ4v) is 3.93. The minimum atomic E-state index is -0.676. The molecule has 1 atom stereocenters. The van der Waals surface area contributed by atoms with E-state index in [0.29, 0.717) is 44.1 Å². The van der Waals surface area contributed by atoms with E-state index in [2.05, 4.69) is 25.3 Å². The molecule has 1 fully saturated rings. The maximum Gasteiger partial charge on any atom is 0.341 e. The first-order valence-electron chi connectivity index (χ1n) is 10.2. The number of amides is 2. The Morgan fingerprint density at radius 1 is 1.03 bits per heavy atom. The predicted molar refractivity (Wildman–Crippen MR) is 113 cm³/mol. The Labute approximate surface area is 182 Å². The molecule has 9 nitrogen and oxygen atoms in total. The highest BCUT2D eigenvalue weighted by Crippen LogP contribution is 2.30. The molecule has 5 rings (SSSR count). The third-order valence-corrected chi connectivity index (χ3v) is 5.55. The second-order valence-electron chi connectivity index (χ2n) is 7.57. The lowest BCUT2D eigenvalue weighted by Crippen LogP contribution is -2.52. The molecule has 3 aromatic rings. The highest BCUT2D eigenvalue weighted by molar-refractivity contribution is 5.78. The number of halogens is 2. The largest absolute Gasteiger partial charge is 0.341 e. The van der Waals surface area contributed by atoms with E-state index in [1.165, 1.54) is 17.1 Å². The standard InChI is InChI=1S/C21H20F2N8O/c22-15-11-14(12-16(23)13-15)19-3-6-26-31(19)21(32)30-9-7-29(8-10-30)20-24-4-1-17(27-20)18-2-5-25-28-18/h1-2,4-6,11-13,19H,3,7-10H2,(H,25,28)/t19-/m0/s1. The van der Waals surface area contributed by atoms with Crippen molar-refractivity contribution >= 4 is 18.2 Å². The van der Waals surface area contributed by atoms with Crippen molar-refractivity contribution in [1.82, 2.24) is 30.1 Å². The number of aromatic nitrogens is 4. The van der Waals surface area contributed by atoms with Gasteiger partial charge in [0.15, 0.2) is 0 Å². The Morgan fingerprint density at radius 2 is 1.81 bits per heavy atom. The van der Waals surface area contributed by atoms with Crippen molar-refractivity contribution in [3.8, 4) is 11.4 Å². The Morgan fingerprint density at radius 3 is 2.53 bits per heavy atom. The molecule has 11 heteroatoms. The van der Waals surface area contributed by atoms with Crippen LogP contribution in [0.4, 0.5) is 19.5 Å². The number of rotatable bonds is 3. The number of hydrazone groups is 1. The van der Waals surface area contributed by atoms with Crippen LogP contribution in [0.1, 0.15) is 18.0 Å². The molecule has 1 N–H and O–H groups in total. The van der Waals surface area contributed by atoms with Gasteiger partial charge in [-0.2, -0.15) is 10.2 Å². The Kier molecular flexibility index (Phi) is 5.21. The van der Waals surface area contributed by atoms with E-state index in [1.54, 1.807) is 29.6 Å². The van der Waals surface area contributed by atoms with Gasteiger partial charge >= 0.3 is 6.03 Å². The van der Waals surface area contributed by atoms with Crippen LogP contribution in [0.5, 0.6) is 0 Å². The van der Waals surface area contributed by atoms with Crippen LogP contribution >= 0.6 is 0 Å². The van der Waals surface area contributed by atoms with Crippen molar-refractivity contribution in [3.05, 3.63) is 59.9 Å². The quantitative estimate of drug-likeness (QED) is 0.679. The van der Waals surface area contributed by atoms with Crippen LogP contribution in [-0.4, -0.2) is 68.5 Å². The van der Waals surface area contributed by atoms with E-state index in [4.69, 9.17) is 0 Å². The van der Waals surface area contributed by atoms with Gasteiger partial charge in [-0.25, -0.2) is 28.6 Å². The first kappa shape index (κ1) is 20.0. The summed E-state index contributed by atoms with van der Waals surface area (Å²) in [6.45, 7) is 2.00. The molecule has 32 heavy (non-hydrogen) atoms. The molecule has 2 aromatic heterocycles. The summed E-state index contributed by atoms with van der Waals surface area (Å²) in [7, 11) is 0. The molecule has 2 aliphatic heterocycles. The number of carbonyl (C=O) groups excluding carboxylic acids is 1. The summed E-state index contributed by atoms with van der Waals surface area (Å²) >= 11 is 0. The van der Waals surface area contributed by atoms with E-state index < -0.39 is 17.7 Å². The van der Waals surface area contributed by atoms with Gasteiger partial charge in [-0.1, -0.05) is 0 Å². The molecule has 0 radical (unpaired) electrons. The van der Waals surface area contributed by atoms with Gasteiger partial charge in [0, 0.05) is 57.3 Å². The number of piperazine rings is 1. The molecular formula is C21H20F2N8O. The normalized spacial score (nSPS) is 18.4. The minimum absolute atomic E-state index is 0.291. The Bertz CT molecular complexity index is 1120. The number of hydrogen-bond donors (Lipinski definition) is 1. The monoisotopic (exact) mass is 438 g/mol. The Hall–Kier alpha value is -3.89. The second-order valence-corrected chi connectivity index (χ2v) is 7.57. The molecule has 2 aliphatic rings. The predicted octanol–water partition coefficient (Wildman–Crippen LogP) is 2.82. The smallest absolute Gasteiger partial charge is 0.337 e. The average Bonchev–Trinajstić information content (AvgIpc) is 3.51. The SMILES string of the molecule is O=C(N1CCN(c2nccc(-c3ccn[nH]3)n2)CC1)N1N=CC[C@H]1c1cc(F)cc(F)c1. The van der Waals surface area contributed by atoms with Crippen LogP contribution in [0, 0.1) is 11.6 Å². The lowest BCUT2D eigenvalue weighted by Gasteiger charge is -2.37. The molecule has 2 amide bonds. The van der Waals surface area contributed by atoms with Crippen molar-refractivity contribution in [2.45, 2.75) is 12.5 Å². The second kappa shape index (κ2) is 8.33. The van der Waals surface area contributed by atoms with Crippen LogP contribution in [0.15, 0.2) is 47.8 Å². The first-order chi connectivity index (χ1) is 15.6. The number of benzene rings is 1. The molecule has 164 valence electrons. The van der Waals surface area contributed by atoms with Gasteiger partial charge in [-0.3, -0.25) is 5.10 Å². The maximum atomic E-state index is 13.7. The van der Waals surface area contributed by atoms with E-state index in [9.17, 15) is 13.6 Å². The molecule has 1 saturated heterocycles. The summed E-state index contributed by atoms with van der Waals surface area (Å²) < 4.78 is 27.3.